The van der Waals surface area contributed by atoms with Crippen molar-refractivity contribution in [2.45, 2.75) is 40.0 Å². The topological polar surface area (TPSA) is 37.3 Å². The number of benzene rings is 2. The number of hydrogen-bond donors (Lipinski definition) is 1. The van der Waals surface area contributed by atoms with Gasteiger partial charge in [-0.1, -0.05) is 65.8 Å². The van der Waals surface area contributed by atoms with Crippen LogP contribution in [0.5, 0.6) is 5.75 Å². The molecule has 0 saturated carbocycles. The molecule has 0 aliphatic heterocycles. The number of hydrogen-bond acceptors (Lipinski definition) is 2. The lowest BCUT2D eigenvalue weighted by Gasteiger charge is -2.05. The zero-order chi connectivity index (χ0) is 19.6. The summed E-state index contributed by atoms with van der Waals surface area (Å²) in [5, 5.41) is 10.2. The third-order valence-corrected chi connectivity index (χ3v) is 4.33. The van der Waals surface area contributed by atoms with Gasteiger partial charge in [-0.25, -0.2) is 0 Å². The zero-order valence-electron chi connectivity index (χ0n) is 16.4. The summed E-state index contributed by atoms with van der Waals surface area (Å²) >= 11 is 0. The van der Waals surface area contributed by atoms with Crippen LogP contribution in [0.1, 0.15) is 55.1 Å². The molecule has 0 radical (unpaired) electrons. The molecule has 2 aromatic carbocycles. The maximum atomic E-state index is 12.3. The Kier molecular flexibility index (Phi) is 7.81. The first-order valence-electron chi connectivity index (χ1n) is 9.34. The van der Waals surface area contributed by atoms with Gasteiger partial charge in [0.2, 0.25) is 0 Å². The molecule has 27 heavy (non-hydrogen) atoms. The first-order valence-corrected chi connectivity index (χ1v) is 9.34. The number of rotatable bonds is 8. The van der Waals surface area contributed by atoms with E-state index in [9.17, 15) is 9.90 Å². The lowest BCUT2D eigenvalue weighted by atomic mass is 10.0. The second kappa shape index (κ2) is 10.3. The maximum absolute atomic E-state index is 12.3. The quantitative estimate of drug-likeness (QED) is 0.330. The van der Waals surface area contributed by atoms with Gasteiger partial charge in [0.15, 0.2) is 5.78 Å². The summed E-state index contributed by atoms with van der Waals surface area (Å²) in [7, 11) is 0. The van der Waals surface area contributed by atoms with Gasteiger partial charge in [0.05, 0.1) is 5.56 Å². The van der Waals surface area contributed by atoms with Crippen molar-refractivity contribution in [1.29, 1.82) is 0 Å². The highest BCUT2D eigenvalue weighted by molar-refractivity contribution is 6.08. The lowest BCUT2D eigenvalue weighted by Crippen LogP contribution is -1.96. The molecule has 0 spiro atoms. The fourth-order valence-corrected chi connectivity index (χ4v) is 2.72. The third-order valence-electron chi connectivity index (χ3n) is 4.33. The van der Waals surface area contributed by atoms with Crippen molar-refractivity contribution in [2.75, 3.05) is 0 Å². The molecule has 0 bridgehead atoms. The SMILES string of the molecule is CC(C)=CCC/C(C)=C/Cc1ccc(C(=O)/C=C/c2ccccc2)c(O)c1. The van der Waals surface area contributed by atoms with Gasteiger partial charge in [-0.15, -0.1) is 0 Å². The molecular formula is C25H28O2. The van der Waals surface area contributed by atoms with Crippen molar-refractivity contribution in [3.05, 3.63) is 94.6 Å². The molecule has 0 atom stereocenters. The normalized spacial score (nSPS) is 11.6. The number of phenols is 1. The summed E-state index contributed by atoms with van der Waals surface area (Å²) in [6.07, 6.45) is 10.5. The van der Waals surface area contributed by atoms with E-state index in [1.165, 1.54) is 17.2 Å². The standard InChI is InChI=1S/C25H28O2/c1-19(2)8-7-9-20(3)12-13-22-14-16-23(25(27)18-22)24(26)17-15-21-10-5-4-6-11-21/h4-6,8,10-12,14-18,27H,7,9,13H2,1-3H3/b17-15+,20-12+. The molecule has 2 nitrogen and oxygen atoms in total. The average molecular weight is 360 g/mol. The fourth-order valence-electron chi connectivity index (χ4n) is 2.72. The van der Waals surface area contributed by atoms with Gasteiger partial charge in [0.1, 0.15) is 5.75 Å². The Bertz CT molecular complexity index is 851. The number of carbonyl (C=O) groups excluding carboxylic acids is 1. The van der Waals surface area contributed by atoms with Crippen LogP contribution in [0.25, 0.3) is 6.08 Å². The van der Waals surface area contributed by atoms with E-state index in [0.29, 0.717) is 5.56 Å². The Labute approximate surface area is 162 Å². The summed E-state index contributed by atoms with van der Waals surface area (Å²) in [5.41, 5.74) is 4.95. The largest absolute Gasteiger partial charge is 0.507 e. The number of carbonyl (C=O) groups is 1. The van der Waals surface area contributed by atoms with Gasteiger partial charge in [-0.3, -0.25) is 4.79 Å². The van der Waals surface area contributed by atoms with Gasteiger partial charge in [0, 0.05) is 0 Å². The molecule has 2 rings (SSSR count). The molecule has 0 fully saturated rings. The highest BCUT2D eigenvalue weighted by Crippen LogP contribution is 2.21. The average Bonchev–Trinajstić information content (AvgIpc) is 2.65. The van der Waals surface area contributed by atoms with Gasteiger partial charge in [-0.2, -0.15) is 0 Å². The minimum atomic E-state index is -0.198. The van der Waals surface area contributed by atoms with Crippen molar-refractivity contribution in [3.8, 4) is 5.75 Å². The molecule has 140 valence electrons. The van der Waals surface area contributed by atoms with Crippen LogP contribution in [0.2, 0.25) is 0 Å². The van der Waals surface area contributed by atoms with E-state index in [1.54, 1.807) is 18.2 Å². The van der Waals surface area contributed by atoms with Crippen LogP contribution >= 0.6 is 0 Å². The van der Waals surface area contributed by atoms with Crippen LogP contribution in [0.15, 0.2) is 77.9 Å². The van der Waals surface area contributed by atoms with Crippen molar-refractivity contribution in [1.82, 2.24) is 0 Å². The smallest absolute Gasteiger partial charge is 0.189 e. The van der Waals surface area contributed by atoms with Crippen LogP contribution in [0, 0.1) is 0 Å². The Hall–Kier alpha value is -2.87. The van der Waals surface area contributed by atoms with Crippen molar-refractivity contribution < 1.29 is 9.90 Å². The molecule has 0 unspecified atom stereocenters. The summed E-state index contributed by atoms with van der Waals surface area (Å²) in [5.74, 6) is -0.165. The maximum Gasteiger partial charge on any atom is 0.189 e. The monoisotopic (exact) mass is 360 g/mol. The van der Waals surface area contributed by atoms with E-state index in [-0.39, 0.29) is 11.5 Å². The Balaban J connectivity index is 1.99. The van der Waals surface area contributed by atoms with Gasteiger partial charge < -0.3 is 5.11 Å². The number of phenolic OH excluding ortho intramolecular Hbond substituents is 1. The molecule has 0 aliphatic carbocycles. The summed E-state index contributed by atoms with van der Waals surface area (Å²) in [6.45, 7) is 6.35. The van der Waals surface area contributed by atoms with E-state index in [1.807, 2.05) is 36.4 Å². The van der Waals surface area contributed by atoms with Crippen molar-refractivity contribution in [2.24, 2.45) is 0 Å². The van der Waals surface area contributed by atoms with E-state index >= 15 is 0 Å². The van der Waals surface area contributed by atoms with Crippen molar-refractivity contribution >= 4 is 11.9 Å². The van der Waals surface area contributed by atoms with Crippen LogP contribution in [-0.4, -0.2) is 10.9 Å². The Morgan fingerprint density at radius 2 is 1.74 bits per heavy atom. The van der Waals surface area contributed by atoms with Crippen molar-refractivity contribution in [3.63, 3.8) is 0 Å². The molecular weight excluding hydrogens is 332 g/mol. The number of allylic oxidation sites excluding steroid dienone is 5. The first kappa shape index (κ1) is 20.4. The molecule has 2 aromatic rings. The van der Waals surface area contributed by atoms with Crippen LogP contribution in [0.3, 0.4) is 0 Å². The summed E-state index contributed by atoms with van der Waals surface area (Å²) in [4.78, 5) is 12.3. The van der Waals surface area contributed by atoms with Gasteiger partial charge in [0.25, 0.3) is 0 Å². The minimum Gasteiger partial charge on any atom is -0.507 e. The Morgan fingerprint density at radius 3 is 2.41 bits per heavy atom. The van der Waals surface area contributed by atoms with Crippen LogP contribution < -0.4 is 0 Å². The molecule has 0 saturated heterocycles. The highest BCUT2D eigenvalue weighted by atomic mass is 16.3. The summed E-state index contributed by atoms with van der Waals surface area (Å²) < 4.78 is 0. The number of aromatic hydroxyl groups is 1. The van der Waals surface area contributed by atoms with Gasteiger partial charge in [-0.05, 0) is 69.4 Å². The molecule has 2 heteroatoms. The summed E-state index contributed by atoms with van der Waals surface area (Å²) in [6, 6.07) is 14.9. The highest BCUT2D eigenvalue weighted by Gasteiger charge is 2.08. The first-order chi connectivity index (χ1) is 13.0. The molecule has 0 aromatic heterocycles. The third kappa shape index (κ3) is 7.10. The van der Waals surface area contributed by atoms with E-state index in [0.717, 1.165) is 30.4 Å². The second-order valence-electron chi connectivity index (χ2n) is 7.03. The number of ketones is 1. The molecule has 0 aliphatic rings. The molecule has 0 amide bonds. The minimum absolute atomic E-state index is 0.0332. The van der Waals surface area contributed by atoms with E-state index < -0.39 is 0 Å². The predicted molar refractivity (Wildman–Crippen MR) is 114 cm³/mol. The fraction of sp³-hybridized carbons (Fsp3) is 0.240. The van der Waals surface area contributed by atoms with Crippen LogP contribution in [0.4, 0.5) is 0 Å². The lowest BCUT2D eigenvalue weighted by molar-refractivity contribution is 0.104. The zero-order valence-corrected chi connectivity index (χ0v) is 16.4. The predicted octanol–water partition coefficient (Wildman–Crippen LogP) is 6.52. The van der Waals surface area contributed by atoms with Gasteiger partial charge >= 0.3 is 0 Å². The molecule has 1 N–H and O–H groups in total. The second-order valence-corrected chi connectivity index (χ2v) is 7.03. The molecule has 0 heterocycles. The van der Waals surface area contributed by atoms with E-state index in [2.05, 4.69) is 32.9 Å². The van der Waals surface area contributed by atoms with E-state index in [4.69, 9.17) is 0 Å². The Morgan fingerprint density at radius 1 is 1.00 bits per heavy atom. The van der Waals surface area contributed by atoms with Crippen LogP contribution in [-0.2, 0) is 6.42 Å².